The first-order valence-corrected chi connectivity index (χ1v) is 14.9. The summed E-state index contributed by atoms with van der Waals surface area (Å²) in [7, 11) is 3.52. The van der Waals surface area contributed by atoms with E-state index in [4.69, 9.17) is 9.26 Å². The first-order chi connectivity index (χ1) is 14.6. The van der Waals surface area contributed by atoms with Crippen LogP contribution in [0, 0.1) is 0 Å². The number of para-hydroxylation sites is 1. The topological polar surface area (TPSA) is 38.5 Å². The second-order valence-electron chi connectivity index (χ2n) is 7.62. The van der Waals surface area contributed by atoms with Crippen LogP contribution in [0.3, 0.4) is 0 Å². The number of halogens is 2. The van der Waals surface area contributed by atoms with Gasteiger partial charge in [-0.2, -0.15) is 0 Å². The predicted molar refractivity (Wildman–Crippen MR) is 137 cm³/mol. The lowest BCUT2D eigenvalue weighted by Crippen LogP contribution is -2.22. The van der Waals surface area contributed by atoms with Crippen molar-refractivity contribution in [3.8, 4) is 17.1 Å². The molecule has 1 heterocycles. The molecule has 1 aromatic heterocycles. The lowest BCUT2D eigenvalue weighted by Gasteiger charge is -2.27. The van der Waals surface area contributed by atoms with E-state index in [1.165, 1.54) is 29.5 Å². The van der Waals surface area contributed by atoms with Gasteiger partial charge in [-0.3, -0.25) is 4.31 Å². The van der Waals surface area contributed by atoms with E-state index in [2.05, 4.69) is 70.9 Å². The van der Waals surface area contributed by atoms with Crippen LogP contribution in [0.4, 0.5) is 5.82 Å². The second-order valence-corrected chi connectivity index (χ2v) is 12.1. The van der Waals surface area contributed by atoms with Crippen LogP contribution in [0.25, 0.3) is 11.3 Å². The molecule has 2 aliphatic rings. The number of methoxy groups -OCH3 is 1. The lowest BCUT2D eigenvalue weighted by atomic mass is 9.79. The largest absolute Gasteiger partial charge is 0.496 e. The number of ether oxygens (including phenoxy) is 1. The molecule has 1 spiro atoms. The van der Waals surface area contributed by atoms with Gasteiger partial charge in [0, 0.05) is 33.3 Å². The minimum Gasteiger partial charge on any atom is -0.496 e. The van der Waals surface area contributed by atoms with Crippen molar-refractivity contribution in [2.75, 3.05) is 23.7 Å². The Bertz CT molecular complexity index is 1090. The number of anilines is 1. The zero-order valence-corrected chi connectivity index (χ0v) is 21.7. The molecule has 3 aromatic rings. The van der Waals surface area contributed by atoms with Crippen LogP contribution in [-0.2, 0) is 11.8 Å². The molecule has 2 aliphatic carbocycles. The van der Waals surface area contributed by atoms with E-state index in [1.807, 2.05) is 18.2 Å². The summed E-state index contributed by atoms with van der Waals surface area (Å²) in [6.07, 6.45) is 3.46. The van der Waals surface area contributed by atoms with Gasteiger partial charge in [-0.05, 0) is 82.2 Å². The van der Waals surface area contributed by atoms with E-state index in [1.54, 1.807) is 28.0 Å². The molecular weight excluding hydrogens is 595 g/mol. The van der Waals surface area contributed by atoms with Crippen LogP contribution in [0.5, 0.6) is 5.75 Å². The van der Waals surface area contributed by atoms with Crippen molar-refractivity contribution in [1.29, 1.82) is 0 Å². The van der Waals surface area contributed by atoms with Crippen molar-refractivity contribution < 1.29 is 9.26 Å². The molecule has 30 heavy (non-hydrogen) atoms. The predicted octanol–water partition coefficient (Wildman–Crippen LogP) is 7.30. The minimum atomic E-state index is 0.252. The molecule has 1 saturated carbocycles. The SMILES string of the molecule is COc1ccccc1SN(CCSI)c1noc2c1CC1(CC1)c1ccc(Br)cc1-2. The molecule has 4 nitrogen and oxygen atoms in total. The van der Waals surface area contributed by atoms with Gasteiger partial charge in [-0.25, -0.2) is 0 Å². The highest BCUT2D eigenvalue weighted by Gasteiger charge is 2.50. The molecule has 1 fully saturated rings. The van der Waals surface area contributed by atoms with Crippen molar-refractivity contribution in [1.82, 2.24) is 5.16 Å². The molecular formula is C22H20BrIN2O2S2. The molecule has 0 aliphatic heterocycles. The highest BCUT2D eigenvalue weighted by molar-refractivity contribution is 14.2. The summed E-state index contributed by atoms with van der Waals surface area (Å²) in [6.45, 7) is 0.869. The Hall–Kier alpha value is -0.840. The Labute approximate surface area is 205 Å². The number of nitrogens with zero attached hydrogens (tertiary/aromatic N) is 2. The smallest absolute Gasteiger partial charge is 0.186 e. The van der Waals surface area contributed by atoms with Crippen molar-refractivity contribution in [3.63, 3.8) is 0 Å². The lowest BCUT2D eigenvalue weighted by molar-refractivity contribution is 0.405. The van der Waals surface area contributed by atoms with Crippen molar-refractivity contribution in [2.45, 2.75) is 29.6 Å². The highest BCUT2D eigenvalue weighted by Crippen LogP contribution is 2.59. The van der Waals surface area contributed by atoms with Crippen LogP contribution >= 0.6 is 58.0 Å². The van der Waals surface area contributed by atoms with Gasteiger partial charge in [-0.1, -0.05) is 48.2 Å². The van der Waals surface area contributed by atoms with Crippen LogP contribution in [0.2, 0.25) is 0 Å². The number of hydrogen-bond donors (Lipinski definition) is 0. The van der Waals surface area contributed by atoms with E-state index in [0.717, 1.165) is 45.4 Å². The Morgan fingerprint density at radius 3 is 2.87 bits per heavy atom. The summed E-state index contributed by atoms with van der Waals surface area (Å²) < 4.78 is 14.9. The summed E-state index contributed by atoms with van der Waals surface area (Å²) >= 11 is 7.66. The molecule has 0 bridgehead atoms. The summed E-state index contributed by atoms with van der Waals surface area (Å²) in [5, 5.41) is 4.59. The van der Waals surface area contributed by atoms with Gasteiger partial charge in [0.05, 0.1) is 12.0 Å². The molecule has 2 aromatic carbocycles. The maximum absolute atomic E-state index is 5.98. The van der Waals surface area contributed by atoms with Gasteiger partial charge < -0.3 is 9.26 Å². The fourth-order valence-corrected chi connectivity index (χ4v) is 6.54. The molecule has 0 radical (unpaired) electrons. The van der Waals surface area contributed by atoms with Crippen LogP contribution in [0.1, 0.15) is 24.0 Å². The molecule has 0 amide bonds. The quantitative estimate of drug-likeness (QED) is 0.205. The third-order valence-electron chi connectivity index (χ3n) is 5.82. The van der Waals surface area contributed by atoms with Gasteiger partial charge in [0.1, 0.15) is 5.75 Å². The summed E-state index contributed by atoms with van der Waals surface area (Å²) in [6, 6.07) is 14.7. The van der Waals surface area contributed by atoms with Crippen LogP contribution < -0.4 is 9.04 Å². The summed E-state index contributed by atoms with van der Waals surface area (Å²) in [5.74, 6) is 3.74. The number of fused-ring (bicyclic) bond motifs is 4. The molecule has 156 valence electrons. The molecule has 0 atom stereocenters. The standard InChI is InChI=1S/C22H20BrIN2O2S2/c1-27-18-4-2-3-5-19(18)30-26(10-11-29-24)21-16-13-22(8-9-22)17-7-6-14(23)12-15(17)20(16)28-25-21/h2-7,12H,8-11,13H2,1H3. The molecule has 0 unspecified atom stereocenters. The molecule has 8 heteroatoms. The summed E-state index contributed by atoms with van der Waals surface area (Å²) in [5.41, 5.74) is 4.08. The average molecular weight is 615 g/mol. The minimum absolute atomic E-state index is 0.252. The maximum Gasteiger partial charge on any atom is 0.186 e. The third kappa shape index (κ3) is 3.78. The molecule has 0 N–H and O–H groups in total. The van der Waals surface area contributed by atoms with E-state index >= 15 is 0 Å². The zero-order valence-electron chi connectivity index (χ0n) is 16.4. The van der Waals surface area contributed by atoms with Crippen LogP contribution in [0.15, 0.2) is 56.4 Å². The fraction of sp³-hybridized carbons (Fsp3) is 0.318. The maximum atomic E-state index is 5.98. The van der Waals surface area contributed by atoms with Gasteiger partial charge in [0.25, 0.3) is 0 Å². The second kappa shape index (κ2) is 8.60. The number of rotatable bonds is 7. The highest BCUT2D eigenvalue weighted by atomic mass is 127. The molecule has 0 saturated heterocycles. The fourth-order valence-electron chi connectivity index (χ4n) is 4.19. The van der Waals surface area contributed by atoms with Gasteiger partial charge in [0.15, 0.2) is 11.6 Å². The normalized spacial score (nSPS) is 15.6. The Balaban J connectivity index is 1.56. The number of hydrogen-bond acceptors (Lipinski definition) is 6. The van der Waals surface area contributed by atoms with Crippen molar-refractivity contribution in [2.24, 2.45) is 0 Å². The van der Waals surface area contributed by atoms with E-state index in [9.17, 15) is 0 Å². The van der Waals surface area contributed by atoms with Crippen molar-refractivity contribution >= 4 is 63.8 Å². The monoisotopic (exact) mass is 614 g/mol. The first-order valence-electron chi connectivity index (χ1n) is 9.76. The number of benzene rings is 2. The Kier molecular flexibility index (Phi) is 6.03. The summed E-state index contributed by atoms with van der Waals surface area (Å²) in [4.78, 5) is 1.08. The Morgan fingerprint density at radius 1 is 1.27 bits per heavy atom. The number of aromatic nitrogens is 1. The van der Waals surface area contributed by atoms with Crippen molar-refractivity contribution in [3.05, 3.63) is 58.1 Å². The zero-order chi connectivity index (χ0) is 20.7. The van der Waals surface area contributed by atoms with Gasteiger partial charge >= 0.3 is 0 Å². The van der Waals surface area contributed by atoms with Gasteiger partial charge in [-0.15, -0.1) is 0 Å². The third-order valence-corrected chi connectivity index (χ3v) is 9.08. The molecule has 5 rings (SSSR count). The Morgan fingerprint density at radius 2 is 2.10 bits per heavy atom. The van der Waals surface area contributed by atoms with Gasteiger partial charge in [0.2, 0.25) is 0 Å². The van der Waals surface area contributed by atoms with E-state index in [0.29, 0.717) is 0 Å². The van der Waals surface area contributed by atoms with E-state index < -0.39 is 0 Å². The average Bonchev–Trinajstić information content (AvgIpc) is 3.40. The first kappa shape index (κ1) is 21.0. The van der Waals surface area contributed by atoms with Crippen LogP contribution in [-0.4, -0.2) is 24.6 Å². The van der Waals surface area contributed by atoms with E-state index in [-0.39, 0.29) is 5.41 Å².